The molecule has 1 aliphatic carbocycles. The van der Waals surface area contributed by atoms with Gasteiger partial charge in [0.25, 0.3) is 0 Å². The Balaban J connectivity index is 0.00000110. The van der Waals surface area contributed by atoms with Crippen LogP contribution < -0.4 is 11.5 Å². The molecule has 1 aromatic heterocycles. The van der Waals surface area contributed by atoms with E-state index in [2.05, 4.69) is 10.1 Å². The van der Waals surface area contributed by atoms with Gasteiger partial charge in [0.15, 0.2) is 0 Å². The third-order valence-corrected chi connectivity index (χ3v) is 3.27. The number of fused-ring (bicyclic) bond motifs is 1. The Morgan fingerprint density at radius 1 is 1.29 bits per heavy atom. The van der Waals surface area contributed by atoms with Crippen LogP contribution in [0.25, 0.3) is 0 Å². The molecule has 8 heteroatoms. The first kappa shape index (κ1) is 17.0. The van der Waals surface area contributed by atoms with Crippen molar-refractivity contribution >= 4 is 42.3 Å². The van der Waals surface area contributed by atoms with Crippen LogP contribution in [0.3, 0.4) is 0 Å². The van der Waals surface area contributed by atoms with Gasteiger partial charge >= 0.3 is 0 Å². The zero-order valence-electron chi connectivity index (χ0n) is 11.1. The highest BCUT2D eigenvalue weighted by molar-refractivity contribution is 6.08. The van der Waals surface area contributed by atoms with E-state index in [1.54, 1.807) is 17.1 Å². The number of nitrogens with two attached hydrogens (primary N) is 2. The van der Waals surface area contributed by atoms with E-state index in [-0.39, 0.29) is 30.6 Å². The fourth-order valence-electron chi connectivity index (χ4n) is 2.38. The van der Waals surface area contributed by atoms with E-state index in [1.165, 1.54) is 0 Å². The lowest BCUT2D eigenvalue weighted by molar-refractivity contribution is 0.883. The minimum atomic E-state index is 0. The van der Waals surface area contributed by atoms with E-state index >= 15 is 0 Å². The van der Waals surface area contributed by atoms with E-state index in [0.29, 0.717) is 5.95 Å². The van der Waals surface area contributed by atoms with Gasteiger partial charge in [-0.05, 0) is 18.4 Å². The minimum Gasteiger partial charge on any atom is -0.384 e. The number of aromatic nitrogens is 2. The molecule has 0 aliphatic heterocycles. The van der Waals surface area contributed by atoms with Crippen LogP contribution in [-0.4, -0.2) is 21.2 Å². The summed E-state index contributed by atoms with van der Waals surface area (Å²) in [5.74, 6) is 0.462. The Bertz CT molecular complexity index is 692. The number of benzene rings is 1. The molecule has 5 N–H and O–H groups in total. The van der Waals surface area contributed by atoms with Crippen LogP contribution in [0.5, 0.6) is 0 Å². The number of hydrogen-bond acceptors (Lipinski definition) is 4. The van der Waals surface area contributed by atoms with Gasteiger partial charge in [0.2, 0.25) is 5.95 Å². The van der Waals surface area contributed by atoms with E-state index in [9.17, 15) is 0 Å². The molecule has 3 rings (SSSR count). The maximum absolute atomic E-state index is 7.60. The molecule has 112 valence electrons. The number of rotatable bonds is 2. The van der Waals surface area contributed by atoms with Gasteiger partial charge in [-0.25, -0.2) is 9.66 Å². The second-order valence-corrected chi connectivity index (χ2v) is 4.42. The minimum absolute atomic E-state index is 0. The van der Waals surface area contributed by atoms with Crippen molar-refractivity contribution in [1.82, 2.24) is 9.66 Å². The largest absolute Gasteiger partial charge is 0.384 e. The van der Waals surface area contributed by atoms with Gasteiger partial charge in [-0.1, -0.05) is 18.2 Å². The Morgan fingerprint density at radius 3 is 2.67 bits per heavy atom. The molecule has 0 unspecified atom stereocenters. The van der Waals surface area contributed by atoms with Crippen LogP contribution in [0, 0.1) is 5.41 Å². The normalized spacial score (nSPS) is 14.2. The molecular formula is C13H16Cl2N6. The number of halogens is 2. The molecule has 6 nitrogen and oxygen atoms in total. The number of imidazole rings is 1. The summed E-state index contributed by atoms with van der Waals surface area (Å²) in [6, 6.07) is 5.77. The molecule has 2 aromatic rings. The first-order valence-corrected chi connectivity index (χ1v) is 6.00. The molecule has 1 aromatic carbocycles. The van der Waals surface area contributed by atoms with Crippen molar-refractivity contribution in [2.75, 3.05) is 5.73 Å². The standard InChI is InChI=1S/C13H14N6.2ClH/c14-12(15)10-3-1-2-9-8(10)4-5-11(9)18-19-7-6-17-13(19)16;;/h1-3,6-7H,4-5H2,(H3,14,15)(H2,16,17);2*1H. The molecule has 0 saturated heterocycles. The summed E-state index contributed by atoms with van der Waals surface area (Å²) in [5.41, 5.74) is 15.2. The Labute approximate surface area is 134 Å². The maximum atomic E-state index is 7.60. The number of nitrogens with one attached hydrogen (secondary N) is 1. The Kier molecular flexibility index (Phi) is 5.34. The van der Waals surface area contributed by atoms with Crippen molar-refractivity contribution in [3.63, 3.8) is 0 Å². The number of anilines is 1. The van der Waals surface area contributed by atoms with Gasteiger partial charge in [0, 0.05) is 17.3 Å². The van der Waals surface area contributed by atoms with Gasteiger partial charge in [-0.15, -0.1) is 24.8 Å². The van der Waals surface area contributed by atoms with Crippen molar-refractivity contribution in [3.8, 4) is 0 Å². The fourth-order valence-corrected chi connectivity index (χ4v) is 2.38. The predicted molar refractivity (Wildman–Crippen MR) is 88.8 cm³/mol. The number of amidine groups is 1. The van der Waals surface area contributed by atoms with Crippen molar-refractivity contribution in [1.29, 1.82) is 5.41 Å². The molecule has 1 heterocycles. The van der Waals surface area contributed by atoms with Crippen molar-refractivity contribution in [2.24, 2.45) is 10.8 Å². The smallest absolute Gasteiger partial charge is 0.221 e. The molecule has 21 heavy (non-hydrogen) atoms. The highest BCUT2D eigenvalue weighted by Crippen LogP contribution is 2.26. The summed E-state index contributed by atoms with van der Waals surface area (Å²) in [6.45, 7) is 0. The van der Waals surface area contributed by atoms with Gasteiger partial charge in [0.05, 0.1) is 11.9 Å². The molecule has 1 aliphatic rings. The lowest BCUT2D eigenvalue weighted by Crippen LogP contribution is -2.13. The highest BCUT2D eigenvalue weighted by atomic mass is 35.5. The molecule has 0 spiro atoms. The van der Waals surface area contributed by atoms with Crippen LogP contribution in [0.15, 0.2) is 35.7 Å². The van der Waals surface area contributed by atoms with Crippen molar-refractivity contribution in [2.45, 2.75) is 12.8 Å². The van der Waals surface area contributed by atoms with Crippen molar-refractivity contribution < 1.29 is 0 Å². The van der Waals surface area contributed by atoms with E-state index in [4.69, 9.17) is 16.9 Å². The molecule has 0 fully saturated rings. The van der Waals surface area contributed by atoms with Gasteiger partial charge in [-0.2, -0.15) is 5.10 Å². The summed E-state index contributed by atoms with van der Waals surface area (Å²) >= 11 is 0. The average Bonchev–Trinajstić information content (AvgIpc) is 2.97. The van der Waals surface area contributed by atoms with Gasteiger partial charge < -0.3 is 11.5 Å². The third kappa shape index (κ3) is 3.01. The molecule has 0 radical (unpaired) electrons. The molecule has 0 bridgehead atoms. The monoisotopic (exact) mass is 326 g/mol. The van der Waals surface area contributed by atoms with Crippen LogP contribution in [0.2, 0.25) is 0 Å². The number of hydrogen-bond donors (Lipinski definition) is 3. The summed E-state index contributed by atoms with van der Waals surface area (Å²) < 4.78 is 1.56. The zero-order valence-corrected chi connectivity index (χ0v) is 12.7. The molecular weight excluding hydrogens is 311 g/mol. The lowest BCUT2D eigenvalue weighted by atomic mass is 10.0. The predicted octanol–water partition coefficient (Wildman–Crippen LogP) is 1.79. The van der Waals surface area contributed by atoms with Crippen LogP contribution in [0.1, 0.15) is 23.1 Å². The summed E-state index contributed by atoms with van der Waals surface area (Å²) in [6.07, 6.45) is 4.99. The quantitative estimate of drug-likeness (QED) is 0.578. The Hall–Kier alpha value is -2.05. The summed E-state index contributed by atoms with van der Waals surface area (Å²) in [7, 11) is 0. The SMILES string of the molecule is Cl.Cl.N=C(N)c1cccc2c1CCC2=Nn1ccnc1N. The van der Waals surface area contributed by atoms with Crippen LogP contribution >= 0.6 is 24.8 Å². The summed E-state index contributed by atoms with van der Waals surface area (Å²) in [5, 5.41) is 12.1. The summed E-state index contributed by atoms with van der Waals surface area (Å²) in [4.78, 5) is 3.94. The first-order valence-electron chi connectivity index (χ1n) is 6.00. The number of nitrogens with zero attached hydrogens (tertiary/aromatic N) is 3. The molecule has 0 amide bonds. The maximum Gasteiger partial charge on any atom is 0.221 e. The first-order chi connectivity index (χ1) is 9.16. The van der Waals surface area contributed by atoms with Gasteiger partial charge in [-0.3, -0.25) is 5.41 Å². The van der Waals surface area contributed by atoms with Crippen LogP contribution in [0.4, 0.5) is 5.95 Å². The van der Waals surface area contributed by atoms with E-state index < -0.39 is 0 Å². The topological polar surface area (TPSA) is 106 Å². The number of nitrogen functional groups attached to an aromatic ring is 2. The molecule has 0 atom stereocenters. The second-order valence-electron chi connectivity index (χ2n) is 4.42. The Morgan fingerprint density at radius 2 is 2.05 bits per heavy atom. The van der Waals surface area contributed by atoms with Crippen molar-refractivity contribution in [3.05, 3.63) is 47.3 Å². The van der Waals surface area contributed by atoms with E-state index in [1.807, 2.05) is 18.2 Å². The third-order valence-electron chi connectivity index (χ3n) is 3.27. The fraction of sp³-hybridized carbons (Fsp3) is 0.154. The average molecular weight is 327 g/mol. The zero-order chi connectivity index (χ0) is 13.4. The van der Waals surface area contributed by atoms with Gasteiger partial charge in [0.1, 0.15) is 5.84 Å². The molecule has 0 saturated carbocycles. The lowest BCUT2D eigenvalue weighted by Gasteiger charge is -2.06. The highest BCUT2D eigenvalue weighted by Gasteiger charge is 2.21. The van der Waals surface area contributed by atoms with E-state index in [0.717, 1.165) is 35.2 Å². The van der Waals surface area contributed by atoms with Crippen LogP contribution in [-0.2, 0) is 6.42 Å². The second kappa shape index (κ2) is 6.60.